The molecule has 0 radical (unpaired) electrons. The van der Waals surface area contributed by atoms with E-state index in [0.717, 1.165) is 0 Å². The molecule has 0 aromatic heterocycles. The topological polar surface area (TPSA) is 81.7 Å². The minimum Gasteiger partial charge on any atom is -0.465 e. The van der Waals surface area contributed by atoms with Crippen LogP contribution in [-0.4, -0.2) is 31.6 Å². The van der Waals surface area contributed by atoms with E-state index in [1.165, 1.54) is 31.4 Å². The average molecular weight is 251 g/mol. The van der Waals surface area contributed by atoms with Gasteiger partial charge < -0.3 is 14.8 Å². The van der Waals surface area contributed by atoms with Crippen LogP contribution < -0.4 is 5.32 Å². The average Bonchev–Trinajstić information content (AvgIpc) is 2.39. The van der Waals surface area contributed by atoms with Gasteiger partial charge >= 0.3 is 17.8 Å². The van der Waals surface area contributed by atoms with Crippen molar-refractivity contribution >= 4 is 23.5 Å². The molecule has 0 atom stereocenters. The van der Waals surface area contributed by atoms with Gasteiger partial charge in [-0.25, -0.2) is 9.59 Å². The molecule has 96 valence electrons. The molecule has 0 bridgehead atoms. The van der Waals surface area contributed by atoms with Crippen LogP contribution in [0, 0.1) is 0 Å². The highest BCUT2D eigenvalue weighted by Gasteiger charge is 2.14. The number of hydrogen-bond donors (Lipinski definition) is 1. The Morgan fingerprint density at radius 1 is 1.17 bits per heavy atom. The molecular weight excluding hydrogens is 238 g/mol. The van der Waals surface area contributed by atoms with E-state index in [-0.39, 0.29) is 6.61 Å². The normalized spacial score (nSPS) is 9.44. The molecule has 0 spiro atoms. The molecule has 0 saturated heterocycles. The molecule has 6 nitrogen and oxygen atoms in total. The number of carbonyl (C=O) groups excluding carboxylic acids is 3. The highest BCUT2D eigenvalue weighted by atomic mass is 16.5. The monoisotopic (exact) mass is 251 g/mol. The van der Waals surface area contributed by atoms with E-state index < -0.39 is 17.8 Å². The van der Waals surface area contributed by atoms with Crippen molar-refractivity contribution in [1.82, 2.24) is 0 Å². The Labute approximate surface area is 104 Å². The van der Waals surface area contributed by atoms with Gasteiger partial charge in [-0.15, -0.1) is 0 Å². The molecule has 18 heavy (non-hydrogen) atoms. The highest BCUT2D eigenvalue weighted by molar-refractivity contribution is 6.37. The maximum absolute atomic E-state index is 11.3. The maximum atomic E-state index is 11.3. The van der Waals surface area contributed by atoms with Crippen LogP contribution in [0.25, 0.3) is 0 Å². The third-order valence-electron chi connectivity index (χ3n) is 2.02. The first-order chi connectivity index (χ1) is 8.58. The molecule has 1 aromatic carbocycles. The fourth-order valence-electron chi connectivity index (χ4n) is 1.19. The van der Waals surface area contributed by atoms with Gasteiger partial charge in [-0.05, 0) is 31.2 Å². The second-order valence-electron chi connectivity index (χ2n) is 3.24. The lowest BCUT2D eigenvalue weighted by atomic mass is 10.2. The summed E-state index contributed by atoms with van der Waals surface area (Å²) in [5.74, 6) is -2.28. The van der Waals surface area contributed by atoms with E-state index >= 15 is 0 Å². The number of anilines is 1. The van der Waals surface area contributed by atoms with Crippen molar-refractivity contribution in [3.63, 3.8) is 0 Å². The fraction of sp³-hybridized carbons (Fsp3) is 0.250. The molecule has 0 heterocycles. The Kier molecular flexibility index (Phi) is 4.86. The standard InChI is InChI=1S/C12H13NO5/c1-3-18-12(16)10(14)13-9-6-4-8(5-7-9)11(15)17-2/h4-7H,3H2,1-2H3,(H,13,14). The number of nitrogens with one attached hydrogen (secondary N) is 1. The Morgan fingerprint density at radius 2 is 1.78 bits per heavy atom. The Bertz CT molecular complexity index is 452. The van der Waals surface area contributed by atoms with Crippen LogP contribution in [0.3, 0.4) is 0 Å². The van der Waals surface area contributed by atoms with Gasteiger partial charge in [0.25, 0.3) is 0 Å². The van der Waals surface area contributed by atoms with Gasteiger partial charge in [-0.1, -0.05) is 0 Å². The number of methoxy groups -OCH3 is 1. The van der Waals surface area contributed by atoms with Gasteiger partial charge in [-0.2, -0.15) is 0 Å². The summed E-state index contributed by atoms with van der Waals surface area (Å²) in [6, 6.07) is 5.94. The molecule has 1 rings (SSSR count). The van der Waals surface area contributed by atoms with Gasteiger partial charge in [0.1, 0.15) is 0 Å². The van der Waals surface area contributed by atoms with Gasteiger partial charge in [0.05, 0.1) is 19.3 Å². The SMILES string of the molecule is CCOC(=O)C(=O)Nc1ccc(C(=O)OC)cc1. The van der Waals surface area contributed by atoms with Gasteiger partial charge in [-0.3, -0.25) is 4.79 Å². The van der Waals surface area contributed by atoms with Crippen LogP contribution >= 0.6 is 0 Å². The van der Waals surface area contributed by atoms with Crippen molar-refractivity contribution in [3.8, 4) is 0 Å². The zero-order valence-corrected chi connectivity index (χ0v) is 10.1. The molecule has 6 heteroatoms. The van der Waals surface area contributed by atoms with Gasteiger partial charge in [0, 0.05) is 5.69 Å². The number of hydrogen-bond acceptors (Lipinski definition) is 5. The second-order valence-corrected chi connectivity index (χ2v) is 3.24. The first-order valence-electron chi connectivity index (χ1n) is 5.25. The number of carbonyl (C=O) groups is 3. The summed E-state index contributed by atoms with van der Waals surface area (Å²) in [5, 5.41) is 2.35. The molecule has 1 aromatic rings. The van der Waals surface area contributed by atoms with Crippen LogP contribution in [0.1, 0.15) is 17.3 Å². The van der Waals surface area contributed by atoms with Crippen LogP contribution in [0.2, 0.25) is 0 Å². The molecule has 1 N–H and O–H groups in total. The molecule has 0 aliphatic rings. The van der Waals surface area contributed by atoms with E-state index in [4.69, 9.17) is 0 Å². The Morgan fingerprint density at radius 3 is 2.28 bits per heavy atom. The van der Waals surface area contributed by atoms with Crippen LogP contribution in [-0.2, 0) is 19.1 Å². The zero-order chi connectivity index (χ0) is 13.5. The second kappa shape index (κ2) is 6.39. The number of amides is 1. The van der Waals surface area contributed by atoms with Crippen molar-refractivity contribution in [2.75, 3.05) is 19.0 Å². The first kappa shape index (κ1) is 13.7. The molecule has 1 amide bonds. The van der Waals surface area contributed by atoms with E-state index in [2.05, 4.69) is 14.8 Å². The van der Waals surface area contributed by atoms with Crippen molar-refractivity contribution in [2.24, 2.45) is 0 Å². The summed E-state index contributed by atoms with van der Waals surface area (Å²) in [6.45, 7) is 1.74. The van der Waals surface area contributed by atoms with E-state index in [9.17, 15) is 14.4 Å². The summed E-state index contributed by atoms with van der Waals surface area (Å²) in [6.07, 6.45) is 0. The van der Waals surface area contributed by atoms with Crippen molar-refractivity contribution in [1.29, 1.82) is 0 Å². The molecule has 0 aliphatic heterocycles. The highest BCUT2D eigenvalue weighted by Crippen LogP contribution is 2.10. The lowest BCUT2D eigenvalue weighted by molar-refractivity contribution is -0.152. The fourth-order valence-corrected chi connectivity index (χ4v) is 1.19. The zero-order valence-electron chi connectivity index (χ0n) is 10.1. The number of rotatable bonds is 3. The summed E-state index contributed by atoms with van der Waals surface area (Å²) in [4.78, 5) is 33.5. The predicted octanol–water partition coefficient (Wildman–Crippen LogP) is 0.975. The van der Waals surface area contributed by atoms with Crippen molar-refractivity contribution < 1.29 is 23.9 Å². The maximum Gasteiger partial charge on any atom is 0.397 e. The smallest absolute Gasteiger partial charge is 0.397 e. The van der Waals surface area contributed by atoms with Crippen LogP contribution in [0.5, 0.6) is 0 Å². The van der Waals surface area contributed by atoms with Crippen LogP contribution in [0.4, 0.5) is 5.69 Å². The summed E-state index contributed by atoms with van der Waals surface area (Å²) in [7, 11) is 1.28. The molecule has 0 fully saturated rings. The first-order valence-corrected chi connectivity index (χ1v) is 5.25. The van der Waals surface area contributed by atoms with Crippen LogP contribution in [0.15, 0.2) is 24.3 Å². The lowest BCUT2D eigenvalue weighted by Crippen LogP contribution is -2.24. The quantitative estimate of drug-likeness (QED) is 0.639. The minimum atomic E-state index is -0.949. The Balaban J connectivity index is 2.66. The van der Waals surface area contributed by atoms with E-state index in [0.29, 0.717) is 11.3 Å². The van der Waals surface area contributed by atoms with E-state index in [1.807, 2.05) is 0 Å². The third-order valence-corrected chi connectivity index (χ3v) is 2.02. The van der Waals surface area contributed by atoms with E-state index in [1.54, 1.807) is 6.92 Å². The van der Waals surface area contributed by atoms with Crippen molar-refractivity contribution in [2.45, 2.75) is 6.92 Å². The van der Waals surface area contributed by atoms with Gasteiger partial charge in [0.2, 0.25) is 0 Å². The minimum absolute atomic E-state index is 0.132. The predicted molar refractivity (Wildman–Crippen MR) is 63.0 cm³/mol. The largest absolute Gasteiger partial charge is 0.465 e. The Hall–Kier alpha value is -2.37. The number of ether oxygens (including phenoxy) is 2. The molecule has 0 unspecified atom stereocenters. The summed E-state index contributed by atoms with van der Waals surface area (Å²) < 4.78 is 9.06. The molecular formula is C12H13NO5. The summed E-state index contributed by atoms with van der Waals surface area (Å²) >= 11 is 0. The summed E-state index contributed by atoms with van der Waals surface area (Å²) in [5.41, 5.74) is 0.743. The molecule has 0 aliphatic carbocycles. The number of benzene rings is 1. The lowest BCUT2D eigenvalue weighted by Gasteiger charge is -2.05. The van der Waals surface area contributed by atoms with Gasteiger partial charge in [0.15, 0.2) is 0 Å². The van der Waals surface area contributed by atoms with Crippen molar-refractivity contribution in [3.05, 3.63) is 29.8 Å². The molecule has 0 saturated carbocycles. The number of esters is 2. The third kappa shape index (κ3) is 3.58.